The number of nitrogens with one attached hydrogen (secondary N) is 1. The van der Waals surface area contributed by atoms with Crippen LogP contribution in [0.2, 0.25) is 0 Å². The van der Waals surface area contributed by atoms with E-state index < -0.39 is 0 Å². The third kappa shape index (κ3) is 3.58. The van der Waals surface area contributed by atoms with Crippen molar-refractivity contribution in [3.8, 4) is 12.3 Å². The van der Waals surface area contributed by atoms with E-state index in [4.69, 9.17) is 12.2 Å². The summed E-state index contributed by atoms with van der Waals surface area (Å²) in [4.78, 5) is 3.97. The van der Waals surface area contributed by atoms with Crippen molar-refractivity contribution in [2.45, 2.75) is 0 Å². The molecule has 0 fully saturated rings. The Kier molecular flexibility index (Phi) is 4.73. The zero-order chi connectivity index (χ0) is 10.2. The van der Waals surface area contributed by atoms with E-state index in [1.807, 2.05) is 12.1 Å². The van der Waals surface area contributed by atoms with Gasteiger partial charge in [-0.2, -0.15) is 0 Å². The molecule has 0 atom stereocenters. The Bertz CT molecular complexity index is 319. The van der Waals surface area contributed by atoms with E-state index in [-0.39, 0.29) is 0 Å². The summed E-state index contributed by atoms with van der Waals surface area (Å²) in [6, 6.07) is 3.77. The highest BCUT2D eigenvalue weighted by Crippen LogP contribution is 2.13. The summed E-state index contributed by atoms with van der Waals surface area (Å²) in [5.74, 6) is 4.84. The lowest BCUT2D eigenvalue weighted by Crippen LogP contribution is -2.07. The third-order valence-corrected chi connectivity index (χ3v) is 2.45. The Labute approximate surface area is 88.5 Å². The molecule has 74 valence electrons. The maximum absolute atomic E-state index is 5.65. The van der Waals surface area contributed by atoms with Gasteiger partial charge < -0.3 is 11.1 Å². The van der Waals surface area contributed by atoms with E-state index in [2.05, 4.69) is 16.2 Å². The number of nitrogen functional groups attached to an aromatic ring is 1. The molecular formula is C10H13N3S. The molecule has 0 aliphatic heterocycles. The fourth-order valence-corrected chi connectivity index (χ4v) is 1.46. The zero-order valence-corrected chi connectivity index (χ0v) is 8.68. The van der Waals surface area contributed by atoms with E-state index in [0.29, 0.717) is 5.82 Å². The highest BCUT2D eigenvalue weighted by molar-refractivity contribution is 7.99. The van der Waals surface area contributed by atoms with Crippen molar-refractivity contribution in [3.63, 3.8) is 0 Å². The first kappa shape index (κ1) is 10.7. The Morgan fingerprint density at radius 3 is 3.21 bits per heavy atom. The van der Waals surface area contributed by atoms with E-state index in [0.717, 1.165) is 23.7 Å². The van der Waals surface area contributed by atoms with Crippen LogP contribution >= 0.6 is 11.8 Å². The first-order chi connectivity index (χ1) is 6.84. The van der Waals surface area contributed by atoms with Gasteiger partial charge in [0.1, 0.15) is 5.82 Å². The van der Waals surface area contributed by atoms with Crippen LogP contribution in [0.15, 0.2) is 18.3 Å². The minimum absolute atomic E-state index is 0.537. The predicted molar refractivity (Wildman–Crippen MR) is 63.3 cm³/mol. The lowest BCUT2D eigenvalue weighted by Gasteiger charge is -2.06. The van der Waals surface area contributed by atoms with Crippen LogP contribution in [0.1, 0.15) is 0 Å². The maximum atomic E-state index is 5.65. The molecule has 0 saturated carbocycles. The summed E-state index contributed by atoms with van der Waals surface area (Å²) in [6.45, 7) is 0.849. The summed E-state index contributed by atoms with van der Waals surface area (Å²) >= 11 is 1.72. The Morgan fingerprint density at radius 2 is 2.50 bits per heavy atom. The molecular weight excluding hydrogens is 194 g/mol. The van der Waals surface area contributed by atoms with Crippen molar-refractivity contribution >= 4 is 23.3 Å². The van der Waals surface area contributed by atoms with Crippen molar-refractivity contribution in [1.29, 1.82) is 0 Å². The van der Waals surface area contributed by atoms with Gasteiger partial charge in [-0.05, 0) is 12.1 Å². The summed E-state index contributed by atoms with van der Waals surface area (Å²) in [5, 5.41) is 3.19. The number of pyridine rings is 1. The van der Waals surface area contributed by atoms with Crippen LogP contribution < -0.4 is 11.1 Å². The van der Waals surface area contributed by atoms with Crippen molar-refractivity contribution < 1.29 is 0 Å². The van der Waals surface area contributed by atoms with E-state index >= 15 is 0 Å². The lowest BCUT2D eigenvalue weighted by molar-refractivity contribution is 1.21. The zero-order valence-electron chi connectivity index (χ0n) is 7.86. The molecule has 0 radical (unpaired) electrons. The Morgan fingerprint density at radius 1 is 1.64 bits per heavy atom. The fourth-order valence-electron chi connectivity index (χ4n) is 0.956. The molecule has 0 aromatic carbocycles. The fraction of sp³-hybridized carbons (Fsp3) is 0.300. The van der Waals surface area contributed by atoms with E-state index in [1.54, 1.807) is 18.0 Å². The first-order valence-electron chi connectivity index (χ1n) is 4.30. The highest BCUT2D eigenvalue weighted by atomic mass is 32.2. The topological polar surface area (TPSA) is 50.9 Å². The number of thioether (sulfide) groups is 1. The second-order valence-electron chi connectivity index (χ2n) is 2.62. The smallest absolute Gasteiger partial charge is 0.146 e. The number of anilines is 2. The molecule has 4 heteroatoms. The SMILES string of the molecule is C#CCSCCNc1cccnc1N. The number of hydrogen-bond donors (Lipinski definition) is 2. The number of aromatic nitrogens is 1. The summed E-state index contributed by atoms with van der Waals surface area (Å²) in [7, 11) is 0. The molecule has 0 bridgehead atoms. The van der Waals surface area contributed by atoms with Gasteiger partial charge in [0.05, 0.1) is 11.4 Å². The molecule has 0 unspecified atom stereocenters. The minimum Gasteiger partial charge on any atom is -0.382 e. The van der Waals surface area contributed by atoms with Gasteiger partial charge in [-0.1, -0.05) is 5.92 Å². The molecule has 1 aromatic rings. The van der Waals surface area contributed by atoms with E-state index in [9.17, 15) is 0 Å². The van der Waals surface area contributed by atoms with Gasteiger partial charge in [0.15, 0.2) is 0 Å². The predicted octanol–water partition coefficient (Wildman–Crippen LogP) is 1.44. The normalized spacial score (nSPS) is 9.36. The Hall–Kier alpha value is -1.34. The van der Waals surface area contributed by atoms with Crippen LogP contribution in [0.5, 0.6) is 0 Å². The second-order valence-corrected chi connectivity index (χ2v) is 3.72. The van der Waals surface area contributed by atoms with Crippen molar-refractivity contribution in [1.82, 2.24) is 4.98 Å². The molecule has 1 aromatic heterocycles. The third-order valence-electron chi connectivity index (χ3n) is 1.59. The molecule has 14 heavy (non-hydrogen) atoms. The number of rotatable bonds is 5. The van der Waals surface area contributed by atoms with Gasteiger partial charge in [0.2, 0.25) is 0 Å². The van der Waals surface area contributed by atoms with Gasteiger partial charge in [0, 0.05) is 18.5 Å². The summed E-state index contributed by atoms with van der Waals surface area (Å²) < 4.78 is 0. The monoisotopic (exact) mass is 207 g/mol. The molecule has 1 heterocycles. The molecule has 3 N–H and O–H groups in total. The van der Waals surface area contributed by atoms with Gasteiger partial charge in [-0.25, -0.2) is 4.98 Å². The van der Waals surface area contributed by atoms with Gasteiger partial charge in [-0.3, -0.25) is 0 Å². The maximum Gasteiger partial charge on any atom is 0.146 e. The quantitative estimate of drug-likeness (QED) is 0.566. The average molecular weight is 207 g/mol. The van der Waals surface area contributed by atoms with E-state index in [1.165, 1.54) is 0 Å². The molecule has 3 nitrogen and oxygen atoms in total. The van der Waals surface area contributed by atoms with Crippen LogP contribution in [-0.4, -0.2) is 23.0 Å². The molecule has 0 amide bonds. The molecule has 0 aliphatic rings. The van der Waals surface area contributed by atoms with Crippen LogP contribution in [0, 0.1) is 12.3 Å². The van der Waals surface area contributed by atoms with Crippen LogP contribution in [0.4, 0.5) is 11.5 Å². The number of nitrogens with zero attached hydrogens (tertiary/aromatic N) is 1. The number of terminal acetylenes is 1. The molecule has 0 saturated heterocycles. The highest BCUT2D eigenvalue weighted by Gasteiger charge is 1.96. The molecule has 1 rings (SSSR count). The van der Waals surface area contributed by atoms with Crippen LogP contribution in [0.25, 0.3) is 0 Å². The van der Waals surface area contributed by atoms with Crippen molar-refractivity contribution in [3.05, 3.63) is 18.3 Å². The second kappa shape index (κ2) is 6.17. The average Bonchev–Trinajstić information content (AvgIpc) is 2.20. The number of hydrogen-bond acceptors (Lipinski definition) is 4. The largest absolute Gasteiger partial charge is 0.382 e. The number of nitrogens with two attached hydrogens (primary N) is 1. The van der Waals surface area contributed by atoms with Gasteiger partial charge >= 0.3 is 0 Å². The van der Waals surface area contributed by atoms with Crippen LogP contribution in [-0.2, 0) is 0 Å². The van der Waals surface area contributed by atoms with Crippen molar-refractivity contribution in [2.75, 3.05) is 29.1 Å². The van der Waals surface area contributed by atoms with Gasteiger partial charge in [0.25, 0.3) is 0 Å². The summed E-state index contributed by atoms with van der Waals surface area (Å²) in [5.41, 5.74) is 6.53. The molecule has 0 aliphatic carbocycles. The summed E-state index contributed by atoms with van der Waals surface area (Å²) in [6.07, 6.45) is 6.80. The Balaban J connectivity index is 2.25. The molecule has 0 spiro atoms. The van der Waals surface area contributed by atoms with Crippen LogP contribution in [0.3, 0.4) is 0 Å². The minimum atomic E-state index is 0.537. The van der Waals surface area contributed by atoms with Crippen molar-refractivity contribution in [2.24, 2.45) is 0 Å². The standard InChI is InChI=1S/C10H13N3S/c1-2-7-14-8-6-12-9-4-3-5-13-10(9)11/h1,3-5,12H,6-8H2,(H2,11,13). The lowest BCUT2D eigenvalue weighted by atomic mass is 10.4. The first-order valence-corrected chi connectivity index (χ1v) is 5.45. The van der Waals surface area contributed by atoms with Gasteiger partial charge in [-0.15, -0.1) is 18.2 Å².